The van der Waals surface area contributed by atoms with Gasteiger partial charge in [0.1, 0.15) is 5.75 Å². The first-order chi connectivity index (χ1) is 16.7. The second-order valence-electron chi connectivity index (χ2n) is 8.24. The lowest BCUT2D eigenvalue weighted by molar-refractivity contribution is -0.165. The molecule has 12 heteroatoms. The molecule has 0 amide bonds. The van der Waals surface area contributed by atoms with Gasteiger partial charge < -0.3 is 40.2 Å². The molecule has 192 valence electrons. The highest BCUT2D eigenvalue weighted by Gasteiger charge is 2.29. The summed E-state index contributed by atoms with van der Waals surface area (Å²) >= 11 is 0. The van der Waals surface area contributed by atoms with Crippen molar-refractivity contribution < 1.29 is 39.5 Å². The number of nitrogens with one attached hydrogen (secondary N) is 2. The van der Waals surface area contributed by atoms with Gasteiger partial charge in [-0.2, -0.15) is 0 Å². The molecule has 3 heterocycles. The molecular weight excluding hydrogens is 462 g/mol. The molecule has 2 unspecified atom stereocenters. The van der Waals surface area contributed by atoms with Crippen LogP contribution in [0.4, 0.5) is 5.69 Å². The number of H-pyrrole nitrogens is 1. The van der Waals surface area contributed by atoms with Crippen LogP contribution in [0.3, 0.4) is 0 Å². The van der Waals surface area contributed by atoms with Crippen LogP contribution in [0.1, 0.15) is 24.5 Å². The van der Waals surface area contributed by atoms with E-state index in [9.17, 15) is 14.4 Å². The van der Waals surface area contributed by atoms with Gasteiger partial charge in [-0.25, -0.2) is 9.59 Å². The largest absolute Gasteiger partial charge is 0.493 e. The summed E-state index contributed by atoms with van der Waals surface area (Å²) in [6.45, 7) is 7.75. The molecule has 0 bridgehead atoms. The topological polar surface area (TPSA) is 182 Å². The first-order valence-electron chi connectivity index (χ1n) is 11.4. The van der Waals surface area contributed by atoms with Gasteiger partial charge in [0.05, 0.1) is 36.4 Å². The number of fused-ring (bicyclic) bond motifs is 3. The number of carboxylic acid groups (broad SMARTS) is 2. The van der Waals surface area contributed by atoms with Crippen LogP contribution in [0.25, 0.3) is 10.9 Å². The molecule has 0 spiro atoms. The van der Waals surface area contributed by atoms with Crippen molar-refractivity contribution in [2.75, 3.05) is 44.8 Å². The van der Waals surface area contributed by atoms with Crippen molar-refractivity contribution in [2.45, 2.75) is 38.5 Å². The lowest BCUT2D eigenvalue weighted by atomic mass is 9.99. The molecule has 1 fully saturated rings. The quantitative estimate of drug-likeness (QED) is 0.305. The highest BCUT2D eigenvalue weighted by atomic mass is 16.5. The maximum Gasteiger partial charge on any atom is 0.335 e. The summed E-state index contributed by atoms with van der Waals surface area (Å²) in [4.78, 5) is 37.5. The number of hydrogen-bond acceptors (Lipinski definition) is 9. The second-order valence-corrected chi connectivity index (χ2v) is 8.24. The van der Waals surface area contributed by atoms with Crippen LogP contribution in [-0.2, 0) is 27.3 Å². The molecule has 1 aromatic heterocycles. The number of anilines is 1. The van der Waals surface area contributed by atoms with E-state index < -0.39 is 24.1 Å². The van der Waals surface area contributed by atoms with E-state index in [-0.39, 0.29) is 5.56 Å². The van der Waals surface area contributed by atoms with Gasteiger partial charge in [-0.15, -0.1) is 0 Å². The van der Waals surface area contributed by atoms with E-state index in [4.69, 9.17) is 29.9 Å². The number of carboxylic acids is 2. The summed E-state index contributed by atoms with van der Waals surface area (Å²) in [5, 5.41) is 36.9. The molecule has 2 aliphatic rings. The van der Waals surface area contributed by atoms with E-state index in [2.05, 4.69) is 27.3 Å². The van der Waals surface area contributed by atoms with E-state index in [0.717, 1.165) is 85.7 Å². The molecule has 0 aliphatic carbocycles. The van der Waals surface area contributed by atoms with Gasteiger partial charge in [0, 0.05) is 31.7 Å². The minimum atomic E-state index is -2.27. The number of carbonyl (C=O) groups is 2. The molecule has 4 rings (SSSR count). The van der Waals surface area contributed by atoms with Crippen molar-refractivity contribution in [3.05, 3.63) is 33.6 Å². The number of aromatic amines is 1. The smallest absolute Gasteiger partial charge is 0.335 e. The molecule has 6 N–H and O–H groups in total. The second kappa shape index (κ2) is 12.0. The summed E-state index contributed by atoms with van der Waals surface area (Å²) in [7, 11) is 0. The molecule has 0 radical (unpaired) electrons. The summed E-state index contributed by atoms with van der Waals surface area (Å²) in [6, 6.07) is 4.21. The fourth-order valence-corrected chi connectivity index (χ4v) is 4.05. The zero-order chi connectivity index (χ0) is 25.5. The normalized spacial score (nSPS) is 17.3. The van der Waals surface area contributed by atoms with Crippen LogP contribution in [0.15, 0.2) is 16.9 Å². The van der Waals surface area contributed by atoms with E-state index in [0.29, 0.717) is 6.61 Å². The molecule has 1 saturated heterocycles. The van der Waals surface area contributed by atoms with Gasteiger partial charge in [-0.1, -0.05) is 0 Å². The zero-order valence-corrected chi connectivity index (χ0v) is 19.5. The molecular formula is C23H31N3O9. The number of morpholine rings is 1. The summed E-state index contributed by atoms with van der Waals surface area (Å²) in [5.74, 6) is -2.69. The monoisotopic (exact) mass is 493 g/mol. The SMILES string of the molecule is CCOc1cc(CN2CCOCC2)cc2[nH]c(=O)c3c(c12)NCCC3.O=C(O)C(O)C(O)C(=O)O. The molecule has 35 heavy (non-hydrogen) atoms. The van der Waals surface area contributed by atoms with Crippen molar-refractivity contribution in [3.63, 3.8) is 0 Å². The number of hydrogen-bond donors (Lipinski definition) is 6. The van der Waals surface area contributed by atoms with Crippen LogP contribution >= 0.6 is 0 Å². The highest BCUT2D eigenvalue weighted by Crippen LogP contribution is 2.36. The Morgan fingerprint density at radius 3 is 2.40 bits per heavy atom. The van der Waals surface area contributed by atoms with Crippen molar-refractivity contribution >= 4 is 28.5 Å². The van der Waals surface area contributed by atoms with Crippen LogP contribution in [-0.4, -0.2) is 93.9 Å². The Bertz CT molecular complexity index is 1090. The molecule has 2 aromatic rings. The van der Waals surface area contributed by atoms with Gasteiger partial charge >= 0.3 is 11.9 Å². The van der Waals surface area contributed by atoms with E-state index >= 15 is 0 Å². The lowest BCUT2D eigenvalue weighted by Gasteiger charge is -2.27. The fraction of sp³-hybridized carbons (Fsp3) is 0.522. The maximum absolute atomic E-state index is 12.5. The zero-order valence-electron chi connectivity index (χ0n) is 19.5. The number of rotatable bonds is 7. The number of pyridine rings is 1. The maximum atomic E-state index is 12.5. The van der Waals surface area contributed by atoms with Crippen molar-refractivity contribution in [1.82, 2.24) is 9.88 Å². The summed E-state index contributed by atoms with van der Waals surface area (Å²) in [5.41, 5.74) is 3.82. The molecule has 0 saturated carbocycles. The van der Waals surface area contributed by atoms with Crippen LogP contribution in [0.2, 0.25) is 0 Å². The summed E-state index contributed by atoms with van der Waals surface area (Å²) in [6.07, 6.45) is -2.73. The first kappa shape index (κ1) is 26.4. The third-order valence-corrected chi connectivity index (χ3v) is 5.76. The van der Waals surface area contributed by atoms with Gasteiger partial charge in [0.2, 0.25) is 0 Å². The van der Waals surface area contributed by atoms with E-state index in [1.807, 2.05) is 6.92 Å². The average molecular weight is 494 g/mol. The number of benzene rings is 1. The number of aromatic nitrogens is 1. The van der Waals surface area contributed by atoms with Gasteiger partial charge in [0.25, 0.3) is 5.56 Å². The van der Waals surface area contributed by atoms with Gasteiger partial charge in [-0.3, -0.25) is 9.69 Å². The van der Waals surface area contributed by atoms with Crippen molar-refractivity contribution in [2.24, 2.45) is 0 Å². The molecule has 2 atom stereocenters. The molecule has 2 aliphatic heterocycles. The number of ether oxygens (including phenoxy) is 2. The lowest BCUT2D eigenvalue weighted by Crippen LogP contribution is -2.39. The standard InChI is InChI=1S/C19H25N3O3.C4H6O6/c1-2-25-16-11-13(12-22-6-8-24-9-7-22)10-15-17(16)18-14(19(23)21-15)4-3-5-20-18;5-1(3(7)8)2(6)4(9)10/h10-11,20H,2-9,12H2,1H3,(H,21,23);1-2,5-6H,(H,7,8)(H,9,10). The predicted octanol–water partition coefficient (Wildman–Crippen LogP) is -0.00550. The Balaban J connectivity index is 0.000000292. The third kappa shape index (κ3) is 6.48. The number of aliphatic carboxylic acids is 2. The van der Waals surface area contributed by atoms with Crippen LogP contribution < -0.4 is 15.6 Å². The van der Waals surface area contributed by atoms with Gasteiger partial charge in [0.15, 0.2) is 12.2 Å². The minimum Gasteiger partial charge on any atom is -0.493 e. The molecule has 12 nitrogen and oxygen atoms in total. The van der Waals surface area contributed by atoms with Crippen LogP contribution in [0.5, 0.6) is 5.75 Å². The van der Waals surface area contributed by atoms with Crippen molar-refractivity contribution in [3.8, 4) is 5.75 Å². The Labute approximate surface area is 201 Å². The third-order valence-electron chi connectivity index (χ3n) is 5.76. The van der Waals surface area contributed by atoms with E-state index in [1.165, 1.54) is 0 Å². The Morgan fingerprint density at radius 1 is 1.14 bits per heavy atom. The first-order valence-corrected chi connectivity index (χ1v) is 11.4. The number of aliphatic hydroxyl groups is 2. The van der Waals surface area contributed by atoms with Crippen LogP contribution in [0, 0.1) is 0 Å². The average Bonchev–Trinajstić information content (AvgIpc) is 2.84. The Morgan fingerprint density at radius 2 is 1.80 bits per heavy atom. The number of nitrogens with zero attached hydrogens (tertiary/aromatic N) is 1. The minimum absolute atomic E-state index is 0.0145. The molecule has 1 aromatic carbocycles. The Kier molecular flexibility index (Phi) is 9.04. The van der Waals surface area contributed by atoms with Gasteiger partial charge in [-0.05, 0) is 37.5 Å². The van der Waals surface area contributed by atoms with Crippen molar-refractivity contribution in [1.29, 1.82) is 0 Å². The summed E-state index contributed by atoms with van der Waals surface area (Å²) < 4.78 is 11.4. The predicted molar refractivity (Wildman–Crippen MR) is 126 cm³/mol. The highest BCUT2D eigenvalue weighted by molar-refractivity contribution is 5.98. The fourth-order valence-electron chi connectivity index (χ4n) is 4.05. The number of aliphatic hydroxyl groups excluding tert-OH is 2. The Hall–Kier alpha value is -3.19. The van der Waals surface area contributed by atoms with E-state index in [1.54, 1.807) is 0 Å².